The van der Waals surface area contributed by atoms with E-state index >= 15 is 0 Å². The van der Waals surface area contributed by atoms with E-state index in [1.165, 1.54) is 36.4 Å². The first kappa shape index (κ1) is 19.2. The Morgan fingerprint density at radius 3 is 2.21 bits per heavy atom. The topological polar surface area (TPSA) is 105 Å². The number of hydrogen-bond acceptors (Lipinski definition) is 5. The highest BCUT2D eigenvalue weighted by Crippen LogP contribution is 2.20. The average molecular weight is 398 g/mol. The molecular formula is C20H18N2O5S. The molecule has 2 amide bonds. The average Bonchev–Trinajstić information content (AvgIpc) is 2.63. The van der Waals surface area contributed by atoms with Gasteiger partial charge in [-0.3, -0.25) is 0 Å². The van der Waals surface area contributed by atoms with Crippen molar-refractivity contribution in [1.29, 1.82) is 0 Å². The fraction of sp³-hybridized carbons (Fsp3) is 0.0500. The van der Waals surface area contributed by atoms with Crippen LogP contribution in [0.5, 0.6) is 11.5 Å². The molecule has 3 rings (SSSR count). The monoisotopic (exact) mass is 398 g/mol. The van der Waals surface area contributed by atoms with Crippen LogP contribution in [-0.4, -0.2) is 19.6 Å². The zero-order valence-corrected chi connectivity index (χ0v) is 15.5. The van der Waals surface area contributed by atoms with E-state index in [2.05, 4.69) is 10.6 Å². The van der Waals surface area contributed by atoms with Crippen LogP contribution < -0.4 is 14.8 Å². The number of aromatic hydroxyl groups is 1. The highest BCUT2D eigenvalue weighted by atomic mass is 32.2. The summed E-state index contributed by atoms with van der Waals surface area (Å²) in [6.07, 6.45) is 0. The van der Waals surface area contributed by atoms with Crippen molar-refractivity contribution >= 4 is 27.5 Å². The van der Waals surface area contributed by atoms with Gasteiger partial charge in [0.15, 0.2) is 0 Å². The highest BCUT2D eigenvalue weighted by Gasteiger charge is 2.14. The Bertz CT molecular complexity index is 1050. The molecule has 0 aromatic heterocycles. The van der Waals surface area contributed by atoms with Gasteiger partial charge in [0.25, 0.3) is 0 Å². The molecule has 0 saturated heterocycles. The van der Waals surface area contributed by atoms with Crippen LogP contribution in [0.3, 0.4) is 0 Å². The number of urea groups is 1. The quantitative estimate of drug-likeness (QED) is 0.546. The molecule has 0 fully saturated rings. The van der Waals surface area contributed by atoms with Gasteiger partial charge in [0.2, 0.25) is 0 Å². The van der Waals surface area contributed by atoms with Gasteiger partial charge in [0.05, 0.1) is 0 Å². The van der Waals surface area contributed by atoms with Crippen molar-refractivity contribution in [2.75, 3.05) is 10.6 Å². The maximum absolute atomic E-state index is 12.1. The zero-order chi connectivity index (χ0) is 20.0. The van der Waals surface area contributed by atoms with E-state index in [4.69, 9.17) is 4.18 Å². The first-order valence-corrected chi connectivity index (χ1v) is 9.90. The first-order valence-electron chi connectivity index (χ1n) is 8.33. The summed E-state index contributed by atoms with van der Waals surface area (Å²) in [6.45, 7) is 0. The zero-order valence-electron chi connectivity index (χ0n) is 14.7. The molecule has 0 bridgehead atoms. The van der Waals surface area contributed by atoms with Gasteiger partial charge in [-0.05, 0) is 42.0 Å². The van der Waals surface area contributed by atoms with E-state index < -0.39 is 16.1 Å². The molecule has 0 saturated carbocycles. The van der Waals surface area contributed by atoms with Crippen molar-refractivity contribution in [3.8, 4) is 11.5 Å². The maximum Gasteiger partial charge on any atom is 0.323 e. The number of amides is 2. The largest absolute Gasteiger partial charge is 0.508 e. The van der Waals surface area contributed by atoms with Gasteiger partial charge >= 0.3 is 16.1 Å². The van der Waals surface area contributed by atoms with Gasteiger partial charge in [0.1, 0.15) is 17.3 Å². The van der Waals surface area contributed by atoms with Gasteiger partial charge in [-0.2, -0.15) is 8.42 Å². The van der Waals surface area contributed by atoms with Crippen LogP contribution in [0.15, 0.2) is 78.9 Å². The number of phenols is 1. The molecule has 0 aliphatic heterocycles. The Morgan fingerprint density at radius 2 is 1.54 bits per heavy atom. The fourth-order valence-electron chi connectivity index (χ4n) is 2.43. The Balaban J connectivity index is 1.58. The normalized spacial score (nSPS) is 10.9. The Kier molecular flexibility index (Phi) is 5.81. The molecule has 8 heteroatoms. The van der Waals surface area contributed by atoms with E-state index in [-0.39, 0.29) is 17.3 Å². The molecule has 3 aromatic carbocycles. The van der Waals surface area contributed by atoms with Crippen molar-refractivity contribution < 1.29 is 22.5 Å². The van der Waals surface area contributed by atoms with Gasteiger partial charge in [-0.25, -0.2) is 4.79 Å². The van der Waals surface area contributed by atoms with Crippen molar-refractivity contribution in [3.63, 3.8) is 0 Å². The van der Waals surface area contributed by atoms with Crippen LogP contribution in [0.4, 0.5) is 16.2 Å². The number of phenolic OH excluding ortho intramolecular Hbond substituents is 1. The Labute approximate surface area is 162 Å². The standard InChI is InChI=1S/C20H18N2O5S/c23-18-8-4-7-17(13-18)22-20(24)21-16-9-11-19(12-10-16)27-28(25,26)14-15-5-2-1-3-6-15/h1-13,23H,14H2,(H2,21,22,24). The van der Waals surface area contributed by atoms with Crippen LogP contribution in [0.2, 0.25) is 0 Å². The number of rotatable bonds is 6. The van der Waals surface area contributed by atoms with Crippen LogP contribution in [-0.2, 0) is 15.9 Å². The first-order chi connectivity index (χ1) is 13.4. The second-order valence-electron chi connectivity index (χ2n) is 5.92. The third kappa shape index (κ3) is 5.75. The summed E-state index contributed by atoms with van der Waals surface area (Å²) < 4.78 is 29.4. The number of carbonyl (C=O) groups excluding carboxylic acids is 1. The summed E-state index contributed by atoms with van der Waals surface area (Å²) in [6, 6.07) is 20.3. The minimum Gasteiger partial charge on any atom is -0.508 e. The van der Waals surface area contributed by atoms with Crippen LogP contribution in [0.1, 0.15) is 5.56 Å². The van der Waals surface area contributed by atoms with Crippen LogP contribution >= 0.6 is 0 Å². The second kappa shape index (κ2) is 8.45. The summed E-state index contributed by atoms with van der Waals surface area (Å²) >= 11 is 0. The smallest absolute Gasteiger partial charge is 0.323 e. The minimum atomic E-state index is -3.79. The molecule has 0 atom stereocenters. The molecule has 28 heavy (non-hydrogen) atoms. The molecular weight excluding hydrogens is 380 g/mol. The van der Waals surface area contributed by atoms with E-state index in [1.54, 1.807) is 42.5 Å². The van der Waals surface area contributed by atoms with Crippen molar-refractivity contribution in [3.05, 3.63) is 84.4 Å². The number of anilines is 2. The van der Waals surface area contributed by atoms with Gasteiger partial charge in [0, 0.05) is 17.4 Å². The van der Waals surface area contributed by atoms with E-state index in [0.717, 1.165) is 0 Å². The van der Waals surface area contributed by atoms with E-state index in [1.807, 2.05) is 0 Å². The molecule has 7 nitrogen and oxygen atoms in total. The number of nitrogens with one attached hydrogen (secondary N) is 2. The molecule has 0 radical (unpaired) electrons. The Morgan fingerprint density at radius 1 is 0.857 bits per heavy atom. The summed E-state index contributed by atoms with van der Waals surface area (Å²) in [5, 5.41) is 14.6. The SMILES string of the molecule is O=C(Nc1ccc(OS(=O)(=O)Cc2ccccc2)cc1)Nc1cccc(O)c1. The molecule has 0 spiro atoms. The predicted octanol–water partition coefficient (Wildman–Crippen LogP) is 3.95. The van der Waals surface area contributed by atoms with E-state index in [0.29, 0.717) is 16.9 Å². The summed E-state index contributed by atoms with van der Waals surface area (Å²) in [5.41, 5.74) is 1.51. The lowest BCUT2D eigenvalue weighted by molar-refractivity contribution is 0.262. The molecule has 0 aliphatic rings. The highest BCUT2D eigenvalue weighted by molar-refractivity contribution is 7.86. The minimum absolute atomic E-state index is 0.0380. The number of benzene rings is 3. The molecule has 3 N–H and O–H groups in total. The lowest BCUT2D eigenvalue weighted by atomic mass is 10.2. The lowest BCUT2D eigenvalue weighted by Crippen LogP contribution is -2.19. The number of carbonyl (C=O) groups is 1. The van der Waals surface area contributed by atoms with Crippen LogP contribution in [0, 0.1) is 0 Å². The van der Waals surface area contributed by atoms with Gasteiger partial charge in [-0.15, -0.1) is 0 Å². The molecule has 0 aliphatic carbocycles. The Hall–Kier alpha value is -3.52. The molecule has 0 heterocycles. The summed E-state index contributed by atoms with van der Waals surface area (Å²) in [4.78, 5) is 12.0. The summed E-state index contributed by atoms with van der Waals surface area (Å²) in [5.74, 6) is -0.0499. The number of hydrogen-bond donors (Lipinski definition) is 3. The second-order valence-corrected chi connectivity index (χ2v) is 7.50. The molecule has 144 valence electrons. The fourth-order valence-corrected chi connectivity index (χ4v) is 3.49. The van der Waals surface area contributed by atoms with Crippen LogP contribution in [0.25, 0.3) is 0 Å². The van der Waals surface area contributed by atoms with Gasteiger partial charge < -0.3 is 19.9 Å². The summed E-state index contributed by atoms with van der Waals surface area (Å²) in [7, 11) is -3.79. The van der Waals surface area contributed by atoms with Crippen molar-refractivity contribution in [2.45, 2.75) is 5.75 Å². The maximum atomic E-state index is 12.1. The third-order valence-electron chi connectivity index (χ3n) is 3.63. The molecule has 0 unspecified atom stereocenters. The van der Waals surface area contributed by atoms with Crippen molar-refractivity contribution in [1.82, 2.24) is 0 Å². The van der Waals surface area contributed by atoms with Gasteiger partial charge in [-0.1, -0.05) is 36.4 Å². The van der Waals surface area contributed by atoms with E-state index in [9.17, 15) is 18.3 Å². The predicted molar refractivity (Wildman–Crippen MR) is 107 cm³/mol. The molecule has 3 aromatic rings. The third-order valence-corrected chi connectivity index (χ3v) is 4.76. The van der Waals surface area contributed by atoms with Crippen molar-refractivity contribution in [2.24, 2.45) is 0 Å². The lowest BCUT2D eigenvalue weighted by Gasteiger charge is -2.10.